The Hall–Kier alpha value is -3.79. The van der Waals surface area contributed by atoms with Crippen molar-refractivity contribution in [2.45, 2.75) is 104 Å². The van der Waals surface area contributed by atoms with E-state index < -0.39 is 23.8 Å². The number of rotatable bonds is 16. The highest BCUT2D eigenvalue weighted by atomic mass is 16.6. The van der Waals surface area contributed by atoms with E-state index in [0.29, 0.717) is 24.2 Å². The van der Waals surface area contributed by atoms with Crippen LogP contribution in [0.5, 0.6) is 0 Å². The van der Waals surface area contributed by atoms with Gasteiger partial charge in [-0.15, -0.1) is 6.42 Å². The third kappa shape index (κ3) is 12.0. The van der Waals surface area contributed by atoms with E-state index in [-0.39, 0.29) is 18.2 Å². The zero-order valence-electron chi connectivity index (χ0n) is 26.1. The number of alkyl carbamates (subject to hydrolysis) is 1. The maximum atomic E-state index is 14.5. The Balaban J connectivity index is 2.52. The summed E-state index contributed by atoms with van der Waals surface area (Å²) in [7, 11) is 0. The fourth-order valence-electron chi connectivity index (χ4n) is 4.69. The predicted molar refractivity (Wildman–Crippen MR) is 169 cm³/mol. The van der Waals surface area contributed by atoms with Crippen molar-refractivity contribution in [3.63, 3.8) is 0 Å². The Morgan fingerprint density at radius 1 is 0.905 bits per heavy atom. The quantitative estimate of drug-likeness (QED) is 0.175. The normalized spacial score (nSPS) is 12.5. The van der Waals surface area contributed by atoms with E-state index in [1.165, 1.54) is 0 Å². The Kier molecular flexibility index (Phi) is 14.7. The Labute approximate surface area is 252 Å². The van der Waals surface area contributed by atoms with Gasteiger partial charge in [-0.05, 0) is 56.9 Å². The summed E-state index contributed by atoms with van der Waals surface area (Å²) >= 11 is 0. The van der Waals surface area contributed by atoms with Crippen molar-refractivity contribution >= 4 is 17.9 Å². The monoisotopic (exact) mass is 575 g/mol. The maximum Gasteiger partial charge on any atom is 0.408 e. The van der Waals surface area contributed by atoms with E-state index in [4.69, 9.17) is 11.2 Å². The van der Waals surface area contributed by atoms with Gasteiger partial charge in [0.1, 0.15) is 17.7 Å². The van der Waals surface area contributed by atoms with Crippen molar-refractivity contribution in [2.75, 3.05) is 13.1 Å². The summed E-state index contributed by atoms with van der Waals surface area (Å²) in [6.07, 6.45) is 11.8. The van der Waals surface area contributed by atoms with Crippen molar-refractivity contribution in [2.24, 2.45) is 0 Å². The number of hydrogen-bond acceptors (Lipinski definition) is 4. The second kappa shape index (κ2) is 17.9. The first-order chi connectivity index (χ1) is 20.1. The molecule has 0 aliphatic rings. The molecule has 0 fully saturated rings. The summed E-state index contributed by atoms with van der Waals surface area (Å²) in [5.41, 5.74) is 1.51. The molecule has 228 valence electrons. The smallest absolute Gasteiger partial charge is 0.408 e. The van der Waals surface area contributed by atoms with Gasteiger partial charge in [0.05, 0.1) is 0 Å². The number of ether oxygens (including phenoxy) is 1. The molecule has 2 aromatic carbocycles. The van der Waals surface area contributed by atoms with E-state index in [9.17, 15) is 14.4 Å². The summed E-state index contributed by atoms with van der Waals surface area (Å²) in [5, 5.41) is 5.87. The average molecular weight is 576 g/mol. The van der Waals surface area contributed by atoms with E-state index in [2.05, 4.69) is 30.4 Å². The van der Waals surface area contributed by atoms with Crippen LogP contribution in [-0.2, 0) is 20.7 Å². The van der Waals surface area contributed by atoms with Crippen molar-refractivity contribution in [3.8, 4) is 12.3 Å². The molecule has 0 saturated heterocycles. The van der Waals surface area contributed by atoms with E-state index in [1.807, 2.05) is 42.5 Å². The molecule has 3 amide bonds. The first kappa shape index (κ1) is 34.4. The molecule has 0 aliphatic carbocycles. The number of amides is 3. The molecule has 42 heavy (non-hydrogen) atoms. The van der Waals surface area contributed by atoms with Crippen molar-refractivity contribution in [1.29, 1.82) is 0 Å². The Morgan fingerprint density at radius 2 is 1.55 bits per heavy atom. The Bertz CT molecular complexity index is 1150. The molecule has 2 aromatic rings. The lowest BCUT2D eigenvalue weighted by molar-refractivity contribution is -0.142. The van der Waals surface area contributed by atoms with E-state index in [1.54, 1.807) is 37.8 Å². The number of unbranched alkanes of at least 4 members (excludes halogenated alkanes) is 5. The maximum absolute atomic E-state index is 14.5. The van der Waals surface area contributed by atoms with E-state index in [0.717, 1.165) is 50.5 Å². The number of nitrogens with zero attached hydrogens (tertiary/aromatic N) is 1. The van der Waals surface area contributed by atoms with Crippen LogP contribution in [0.1, 0.15) is 102 Å². The molecule has 0 aliphatic heterocycles. The molecular weight excluding hydrogens is 526 g/mol. The minimum atomic E-state index is -0.936. The topological polar surface area (TPSA) is 87.7 Å². The van der Waals surface area contributed by atoms with Crippen LogP contribution in [0, 0.1) is 12.3 Å². The summed E-state index contributed by atoms with van der Waals surface area (Å²) in [6.45, 7) is 10.5. The van der Waals surface area contributed by atoms with Crippen LogP contribution in [0.25, 0.3) is 0 Å². The van der Waals surface area contributed by atoms with Gasteiger partial charge in [-0.1, -0.05) is 94.3 Å². The van der Waals surface area contributed by atoms with Crippen LogP contribution in [0.15, 0.2) is 54.6 Å². The van der Waals surface area contributed by atoms with Crippen LogP contribution in [0.2, 0.25) is 0 Å². The second-order valence-corrected chi connectivity index (χ2v) is 11.6. The SMILES string of the molecule is C#Cc1ccc(C(C(=O)NCCCCC)N(CCCCCC)C(=O)C(Cc2ccccc2)NC(=O)OC(C)(C)C)cc1. The average Bonchev–Trinajstić information content (AvgIpc) is 2.96. The van der Waals surface area contributed by atoms with E-state index >= 15 is 0 Å². The number of nitrogens with one attached hydrogen (secondary N) is 2. The fourth-order valence-corrected chi connectivity index (χ4v) is 4.69. The standard InChI is InChI=1S/C35H49N3O4/c1-7-10-12-17-25-38(31(32(39)36-24-16-11-8-2)29-22-20-27(9-3)21-23-29)33(40)30(26-28-18-14-13-15-19-28)37-34(41)42-35(4,5)6/h3,13-15,18-23,30-31H,7-8,10-12,16-17,24-26H2,1-2,4-6H3,(H,36,39)(H,37,41). The van der Waals surface area contributed by atoms with Gasteiger partial charge in [-0.2, -0.15) is 0 Å². The minimum absolute atomic E-state index is 0.251. The highest BCUT2D eigenvalue weighted by Gasteiger charge is 2.36. The number of benzene rings is 2. The lowest BCUT2D eigenvalue weighted by Gasteiger charge is -2.35. The third-order valence-electron chi connectivity index (χ3n) is 6.84. The van der Waals surface area contributed by atoms with Gasteiger partial charge in [-0.25, -0.2) is 4.79 Å². The summed E-state index contributed by atoms with van der Waals surface area (Å²) < 4.78 is 5.52. The molecule has 2 atom stereocenters. The highest BCUT2D eigenvalue weighted by Crippen LogP contribution is 2.25. The molecule has 2 N–H and O–H groups in total. The molecule has 0 bridgehead atoms. The number of terminal acetylenes is 1. The lowest BCUT2D eigenvalue weighted by Crippen LogP contribution is -2.54. The summed E-state index contributed by atoms with van der Waals surface area (Å²) in [4.78, 5) is 42.9. The van der Waals surface area contributed by atoms with Gasteiger partial charge < -0.3 is 20.3 Å². The molecule has 0 spiro atoms. The second-order valence-electron chi connectivity index (χ2n) is 11.6. The first-order valence-electron chi connectivity index (χ1n) is 15.3. The van der Waals surface area contributed by atoms with Gasteiger partial charge >= 0.3 is 6.09 Å². The number of carbonyl (C=O) groups excluding carboxylic acids is 3. The molecule has 0 heterocycles. The van der Waals surface area contributed by atoms with Crippen molar-refractivity contribution in [1.82, 2.24) is 15.5 Å². The molecule has 2 rings (SSSR count). The van der Waals surface area contributed by atoms with Crippen LogP contribution >= 0.6 is 0 Å². The van der Waals surface area contributed by atoms with Crippen molar-refractivity contribution < 1.29 is 19.1 Å². The molecule has 0 saturated carbocycles. The zero-order valence-corrected chi connectivity index (χ0v) is 26.1. The summed E-state index contributed by atoms with van der Waals surface area (Å²) in [5.74, 6) is 2.03. The van der Waals surface area contributed by atoms with Crippen LogP contribution in [0.4, 0.5) is 4.79 Å². The Morgan fingerprint density at radius 3 is 2.14 bits per heavy atom. The molecule has 7 heteroatoms. The zero-order chi connectivity index (χ0) is 31.0. The minimum Gasteiger partial charge on any atom is -0.444 e. The van der Waals surface area contributed by atoms with Gasteiger partial charge in [-0.3, -0.25) is 9.59 Å². The van der Waals surface area contributed by atoms with Crippen LogP contribution in [0.3, 0.4) is 0 Å². The largest absolute Gasteiger partial charge is 0.444 e. The van der Waals surface area contributed by atoms with Crippen molar-refractivity contribution in [3.05, 3.63) is 71.3 Å². The lowest BCUT2D eigenvalue weighted by atomic mass is 9.98. The third-order valence-corrected chi connectivity index (χ3v) is 6.84. The molecule has 2 unspecified atom stereocenters. The van der Waals surface area contributed by atoms with Crippen LogP contribution < -0.4 is 10.6 Å². The van der Waals surface area contributed by atoms with Gasteiger partial charge in [0.25, 0.3) is 0 Å². The molecule has 7 nitrogen and oxygen atoms in total. The molecule has 0 aromatic heterocycles. The first-order valence-corrected chi connectivity index (χ1v) is 15.3. The predicted octanol–water partition coefficient (Wildman–Crippen LogP) is 6.56. The fraction of sp³-hybridized carbons (Fsp3) is 0.514. The molecular formula is C35H49N3O4. The van der Waals surface area contributed by atoms with Gasteiger partial charge in [0.15, 0.2) is 0 Å². The highest BCUT2D eigenvalue weighted by molar-refractivity contribution is 5.92. The molecule has 0 radical (unpaired) electrons. The number of carbonyl (C=O) groups is 3. The van der Waals surface area contributed by atoms with Crippen LogP contribution in [-0.4, -0.2) is 47.5 Å². The summed E-state index contributed by atoms with van der Waals surface area (Å²) in [6, 6.07) is 14.9. The van der Waals surface area contributed by atoms with Gasteiger partial charge in [0.2, 0.25) is 11.8 Å². The van der Waals surface area contributed by atoms with Gasteiger partial charge in [0, 0.05) is 25.1 Å². The number of hydrogen-bond donors (Lipinski definition) is 2.